The third-order valence-corrected chi connectivity index (χ3v) is 2.09. The molecule has 1 fully saturated rings. The molecule has 0 aliphatic carbocycles. The molecule has 1 saturated heterocycles. The second-order valence-electron chi connectivity index (χ2n) is 2.81. The van der Waals surface area contributed by atoms with Crippen molar-refractivity contribution >= 4 is 0 Å². The molecule has 0 atom stereocenters. The lowest BCUT2D eigenvalue weighted by Gasteiger charge is -2.43. The minimum Gasteiger partial charge on any atom is -0.297 e. The lowest BCUT2D eigenvalue weighted by Crippen LogP contribution is -2.58. The van der Waals surface area contributed by atoms with Gasteiger partial charge < -0.3 is 0 Å². The van der Waals surface area contributed by atoms with E-state index in [0.717, 1.165) is 6.54 Å². The van der Waals surface area contributed by atoms with Crippen LogP contribution in [0.15, 0.2) is 0 Å². The average Bonchev–Trinajstić information content (AvgIpc) is 1.81. The third-order valence-electron chi connectivity index (χ3n) is 2.09. The number of nitrogens with zero attached hydrogens (tertiary/aromatic N) is 1. The highest BCUT2D eigenvalue weighted by Gasteiger charge is 2.40. The zero-order chi connectivity index (χ0) is 6.91. The summed E-state index contributed by atoms with van der Waals surface area (Å²) in [7, 11) is 0. The molecule has 1 nitrogen and oxygen atoms in total. The second kappa shape index (κ2) is 2.25. The van der Waals surface area contributed by atoms with Gasteiger partial charge in [0.15, 0.2) is 0 Å². The van der Waals surface area contributed by atoms with E-state index in [2.05, 4.69) is 11.8 Å². The first-order valence-corrected chi connectivity index (χ1v) is 3.61. The molecule has 0 amide bonds. The van der Waals surface area contributed by atoms with Gasteiger partial charge in [-0.2, -0.15) is 0 Å². The predicted molar refractivity (Wildman–Crippen MR) is 36.2 cm³/mol. The largest absolute Gasteiger partial charge is 0.297 e. The number of likely N-dealkylation sites (tertiary alicyclic amines) is 1. The van der Waals surface area contributed by atoms with Gasteiger partial charge in [-0.3, -0.25) is 4.90 Å². The van der Waals surface area contributed by atoms with Crippen molar-refractivity contribution in [1.82, 2.24) is 4.90 Å². The Morgan fingerprint density at radius 2 is 2.00 bits per heavy atom. The first-order valence-electron chi connectivity index (χ1n) is 3.61. The third kappa shape index (κ3) is 1.23. The predicted octanol–water partition coefficient (Wildman–Crippen LogP) is 1.44. The lowest BCUT2D eigenvalue weighted by atomic mass is 9.94. The Balaban J connectivity index is 2.24. The standard InChI is InChI=1S/C7H14FN/c1-3-7(8)5-9(4-2)6-7/h3-6H2,1-2H3. The molecule has 0 radical (unpaired) electrons. The fraction of sp³-hybridized carbons (Fsp3) is 1.00. The zero-order valence-corrected chi connectivity index (χ0v) is 6.15. The molecule has 2 heteroatoms. The molecule has 54 valence electrons. The summed E-state index contributed by atoms with van der Waals surface area (Å²) in [4.78, 5) is 2.11. The number of hydrogen-bond donors (Lipinski definition) is 0. The van der Waals surface area contributed by atoms with E-state index in [1.54, 1.807) is 0 Å². The van der Waals surface area contributed by atoms with Crippen LogP contribution in [0.5, 0.6) is 0 Å². The zero-order valence-electron chi connectivity index (χ0n) is 6.15. The van der Waals surface area contributed by atoms with Crippen molar-refractivity contribution in [2.45, 2.75) is 25.9 Å². The summed E-state index contributed by atoms with van der Waals surface area (Å²) in [6, 6.07) is 0. The van der Waals surface area contributed by atoms with Gasteiger partial charge in [-0.15, -0.1) is 0 Å². The Hall–Kier alpha value is -0.110. The van der Waals surface area contributed by atoms with Gasteiger partial charge in [0.2, 0.25) is 0 Å². The van der Waals surface area contributed by atoms with Crippen molar-refractivity contribution in [1.29, 1.82) is 0 Å². The quantitative estimate of drug-likeness (QED) is 0.548. The molecule has 1 aliphatic heterocycles. The Morgan fingerprint density at radius 1 is 1.44 bits per heavy atom. The lowest BCUT2D eigenvalue weighted by molar-refractivity contribution is -0.0310. The van der Waals surface area contributed by atoms with E-state index >= 15 is 0 Å². The van der Waals surface area contributed by atoms with E-state index in [-0.39, 0.29) is 0 Å². The van der Waals surface area contributed by atoms with E-state index < -0.39 is 5.67 Å². The van der Waals surface area contributed by atoms with E-state index in [1.807, 2.05) is 6.92 Å². The summed E-state index contributed by atoms with van der Waals surface area (Å²) in [5, 5.41) is 0. The molecule has 0 aromatic heterocycles. The Kier molecular flexibility index (Phi) is 1.75. The van der Waals surface area contributed by atoms with Crippen LogP contribution in [0.25, 0.3) is 0 Å². The normalized spacial score (nSPS) is 25.7. The monoisotopic (exact) mass is 131 g/mol. The molecule has 9 heavy (non-hydrogen) atoms. The number of halogens is 1. The fourth-order valence-corrected chi connectivity index (χ4v) is 1.20. The Labute approximate surface area is 55.8 Å². The summed E-state index contributed by atoms with van der Waals surface area (Å²) in [5.41, 5.74) is -0.837. The van der Waals surface area contributed by atoms with Crippen LogP contribution in [0.2, 0.25) is 0 Å². The van der Waals surface area contributed by atoms with Crippen LogP contribution in [0.1, 0.15) is 20.3 Å². The van der Waals surface area contributed by atoms with Gasteiger partial charge in [0.25, 0.3) is 0 Å². The minimum absolute atomic E-state index is 0.653. The minimum atomic E-state index is -0.837. The summed E-state index contributed by atoms with van der Waals surface area (Å²) < 4.78 is 13.0. The molecule has 1 aliphatic rings. The van der Waals surface area contributed by atoms with Crippen LogP contribution < -0.4 is 0 Å². The van der Waals surface area contributed by atoms with Crippen LogP contribution in [-0.2, 0) is 0 Å². The number of hydrogen-bond acceptors (Lipinski definition) is 1. The maximum atomic E-state index is 13.0. The topological polar surface area (TPSA) is 3.24 Å². The summed E-state index contributed by atoms with van der Waals surface area (Å²) >= 11 is 0. The van der Waals surface area contributed by atoms with Crippen molar-refractivity contribution in [3.63, 3.8) is 0 Å². The van der Waals surface area contributed by atoms with Gasteiger partial charge in [-0.05, 0) is 13.0 Å². The first kappa shape index (κ1) is 7.00. The smallest absolute Gasteiger partial charge is 0.136 e. The van der Waals surface area contributed by atoms with Crippen molar-refractivity contribution < 1.29 is 4.39 Å². The maximum absolute atomic E-state index is 13.0. The summed E-state index contributed by atoms with van der Waals surface area (Å²) in [6.45, 7) is 6.27. The average molecular weight is 131 g/mol. The Bertz CT molecular complexity index is 97.1. The van der Waals surface area contributed by atoms with Gasteiger partial charge in [0.05, 0.1) is 0 Å². The highest BCUT2D eigenvalue weighted by atomic mass is 19.1. The molecule has 0 unspecified atom stereocenters. The van der Waals surface area contributed by atoms with E-state index in [0.29, 0.717) is 19.5 Å². The summed E-state index contributed by atoms with van der Waals surface area (Å²) in [6.07, 6.45) is 0.670. The van der Waals surface area contributed by atoms with Crippen LogP contribution in [0.4, 0.5) is 4.39 Å². The maximum Gasteiger partial charge on any atom is 0.136 e. The molecule has 0 N–H and O–H groups in total. The van der Waals surface area contributed by atoms with Crippen LogP contribution in [0.3, 0.4) is 0 Å². The van der Waals surface area contributed by atoms with E-state index in [1.165, 1.54) is 0 Å². The summed E-state index contributed by atoms with van der Waals surface area (Å²) in [5.74, 6) is 0. The Morgan fingerprint density at radius 3 is 2.33 bits per heavy atom. The molecule has 0 aromatic rings. The SMILES string of the molecule is CCN1CC(F)(CC)C1. The number of rotatable bonds is 2. The van der Waals surface area contributed by atoms with Crippen molar-refractivity contribution in [3.05, 3.63) is 0 Å². The van der Waals surface area contributed by atoms with Gasteiger partial charge in [0, 0.05) is 13.1 Å². The highest BCUT2D eigenvalue weighted by Crippen LogP contribution is 2.27. The van der Waals surface area contributed by atoms with Crippen molar-refractivity contribution in [2.24, 2.45) is 0 Å². The second-order valence-corrected chi connectivity index (χ2v) is 2.81. The van der Waals surface area contributed by atoms with Crippen molar-refractivity contribution in [3.8, 4) is 0 Å². The molecular formula is C7H14FN. The van der Waals surface area contributed by atoms with Gasteiger partial charge in [-0.1, -0.05) is 13.8 Å². The van der Waals surface area contributed by atoms with Crippen LogP contribution in [-0.4, -0.2) is 30.2 Å². The van der Waals surface area contributed by atoms with E-state index in [9.17, 15) is 4.39 Å². The van der Waals surface area contributed by atoms with Gasteiger partial charge in [-0.25, -0.2) is 4.39 Å². The van der Waals surface area contributed by atoms with Crippen LogP contribution >= 0.6 is 0 Å². The molecule has 1 rings (SSSR count). The fourth-order valence-electron chi connectivity index (χ4n) is 1.20. The molecule has 0 bridgehead atoms. The van der Waals surface area contributed by atoms with Gasteiger partial charge >= 0.3 is 0 Å². The van der Waals surface area contributed by atoms with Crippen LogP contribution in [0, 0.1) is 0 Å². The number of alkyl halides is 1. The van der Waals surface area contributed by atoms with Gasteiger partial charge in [0.1, 0.15) is 5.67 Å². The molecule has 0 spiro atoms. The molecular weight excluding hydrogens is 117 g/mol. The van der Waals surface area contributed by atoms with E-state index in [4.69, 9.17) is 0 Å². The highest BCUT2D eigenvalue weighted by molar-refractivity contribution is 4.93. The van der Waals surface area contributed by atoms with Crippen molar-refractivity contribution in [2.75, 3.05) is 19.6 Å². The first-order chi connectivity index (χ1) is 4.20. The molecule has 0 saturated carbocycles. The molecule has 1 heterocycles. The molecule has 0 aromatic carbocycles.